The quantitative estimate of drug-likeness (QED) is 0.386. The first kappa shape index (κ1) is 9.88. The molecule has 0 amide bonds. The Kier molecular flexibility index (Phi) is 5.58. The summed E-state index contributed by atoms with van der Waals surface area (Å²) in [6, 6.07) is 0. The van der Waals surface area contributed by atoms with E-state index in [4.69, 9.17) is 15.3 Å². The third-order valence-corrected chi connectivity index (χ3v) is 1.33. The maximum absolute atomic E-state index is 8.79. The van der Waals surface area contributed by atoms with Crippen LogP contribution in [0.1, 0.15) is 32.6 Å². The van der Waals surface area contributed by atoms with Gasteiger partial charge in [-0.2, -0.15) is 0 Å². The van der Waals surface area contributed by atoms with E-state index in [-0.39, 0.29) is 6.10 Å². The van der Waals surface area contributed by atoms with E-state index in [9.17, 15) is 0 Å². The van der Waals surface area contributed by atoms with E-state index in [0.29, 0.717) is 6.42 Å². The lowest BCUT2D eigenvalue weighted by molar-refractivity contribution is -0.0469. The van der Waals surface area contributed by atoms with Crippen molar-refractivity contribution < 1.29 is 15.3 Å². The van der Waals surface area contributed by atoms with Gasteiger partial charge >= 0.3 is 0 Å². The lowest BCUT2D eigenvalue weighted by atomic mass is 10.1. The maximum Gasteiger partial charge on any atom is 0.151 e. The van der Waals surface area contributed by atoms with Gasteiger partial charge in [0.05, 0.1) is 6.10 Å². The van der Waals surface area contributed by atoms with Crippen LogP contribution in [0.2, 0.25) is 0 Å². The number of hydrogen-bond donors (Lipinski definition) is 3. The van der Waals surface area contributed by atoms with E-state index in [1.54, 1.807) is 6.92 Å². The number of aliphatic hydroxyl groups excluding tert-OH is 2. The van der Waals surface area contributed by atoms with Crippen LogP contribution in [0.4, 0.5) is 0 Å². The highest BCUT2D eigenvalue weighted by Gasteiger charge is 1.98. The summed E-state index contributed by atoms with van der Waals surface area (Å²) in [6.07, 6.45) is 1.32. The van der Waals surface area contributed by atoms with Gasteiger partial charge < -0.3 is 15.3 Å². The van der Waals surface area contributed by atoms with E-state index >= 15 is 0 Å². The van der Waals surface area contributed by atoms with Crippen molar-refractivity contribution in [1.82, 2.24) is 0 Å². The predicted octanol–water partition coefficient (Wildman–Crippen LogP) is 0.238. The average molecular weight is 148 g/mol. The van der Waals surface area contributed by atoms with Gasteiger partial charge in [0.15, 0.2) is 6.29 Å². The van der Waals surface area contributed by atoms with Crippen molar-refractivity contribution in [3.05, 3.63) is 0 Å². The second-order valence-corrected chi connectivity index (χ2v) is 2.61. The maximum atomic E-state index is 8.79. The molecule has 0 radical (unpaired) electrons. The normalized spacial score (nSPS) is 14.1. The zero-order valence-corrected chi connectivity index (χ0v) is 6.32. The molecule has 3 nitrogen and oxygen atoms in total. The number of unbranched alkanes of at least 4 members (excludes halogenated alkanes) is 1. The molecule has 0 saturated heterocycles. The fourth-order valence-corrected chi connectivity index (χ4v) is 0.767. The summed E-state index contributed by atoms with van der Waals surface area (Å²) < 4.78 is 0. The van der Waals surface area contributed by atoms with Crippen LogP contribution >= 0.6 is 0 Å². The van der Waals surface area contributed by atoms with Gasteiger partial charge in [-0.05, 0) is 26.2 Å². The van der Waals surface area contributed by atoms with Crippen LogP contribution in [0.5, 0.6) is 0 Å². The smallest absolute Gasteiger partial charge is 0.151 e. The second-order valence-electron chi connectivity index (χ2n) is 2.61. The minimum absolute atomic E-state index is 0.268. The summed E-state index contributed by atoms with van der Waals surface area (Å²) in [7, 11) is 0. The molecule has 0 aromatic rings. The summed E-state index contributed by atoms with van der Waals surface area (Å²) in [5.74, 6) is 0. The van der Waals surface area contributed by atoms with Gasteiger partial charge in [0.25, 0.3) is 0 Å². The van der Waals surface area contributed by atoms with Gasteiger partial charge in [-0.15, -0.1) is 0 Å². The van der Waals surface area contributed by atoms with E-state index in [1.165, 1.54) is 0 Å². The van der Waals surface area contributed by atoms with Gasteiger partial charge in [0.2, 0.25) is 0 Å². The lowest BCUT2D eigenvalue weighted by Crippen LogP contribution is -2.04. The topological polar surface area (TPSA) is 60.7 Å². The van der Waals surface area contributed by atoms with E-state index in [1.807, 2.05) is 0 Å². The minimum atomic E-state index is -1.19. The molecule has 0 fully saturated rings. The number of aliphatic hydroxyl groups is 3. The standard InChI is InChI=1S/C7H16O3/c1-6(8)4-2-3-5-7(9)10/h6-10H,2-5H2,1H3. The Morgan fingerprint density at radius 2 is 1.50 bits per heavy atom. The van der Waals surface area contributed by atoms with Crippen LogP contribution in [-0.4, -0.2) is 27.7 Å². The summed E-state index contributed by atoms with van der Waals surface area (Å²) in [5, 5.41) is 25.6. The molecule has 0 aliphatic carbocycles. The molecule has 3 heteroatoms. The molecule has 0 aliphatic rings. The number of hydrogen-bond acceptors (Lipinski definition) is 3. The van der Waals surface area contributed by atoms with Gasteiger partial charge in [-0.3, -0.25) is 0 Å². The largest absolute Gasteiger partial charge is 0.393 e. The first-order chi connectivity index (χ1) is 4.63. The van der Waals surface area contributed by atoms with Crippen LogP contribution in [0.25, 0.3) is 0 Å². The van der Waals surface area contributed by atoms with Crippen LogP contribution in [0.15, 0.2) is 0 Å². The average Bonchev–Trinajstić information content (AvgIpc) is 1.79. The summed E-state index contributed by atoms with van der Waals surface area (Å²) in [6.45, 7) is 1.73. The molecule has 3 N–H and O–H groups in total. The monoisotopic (exact) mass is 148 g/mol. The Hall–Kier alpha value is -0.120. The van der Waals surface area contributed by atoms with Gasteiger partial charge in [-0.1, -0.05) is 6.42 Å². The molecule has 0 heterocycles. The van der Waals surface area contributed by atoms with E-state index in [2.05, 4.69) is 0 Å². The molecule has 1 atom stereocenters. The van der Waals surface area contributed by atoms with Crippen LogP contribution < -0.4 is 0 Å². The van der Waals surface area contributed by atoms with E-state index in [0.717, 1.165) is 19.3 Å². The van der Waals surface area contributed by atoms with Gasteiger partial charge in [-0.25, -0.2) is 0 Å². The van der Waals surface area contributed by atoms with Crippen LogP contribution in [-0.2, 0) is 0 Å². The first-order valence-corrected chi connectivity index (χ1v) is 3.67. The third kappa shape index (κ3) is 7.88. The van der Waals surface area contributed by atoms with Crippen molar-refractivity contribution in [3.63, 3.8) is 0 Å². The molecular weight excluding hydrogens is 132 g/mol. The van der Waals surface area contributed by atoms with Gasteiger partial charge in [0, 0.05) is 0 Å². The first-order valence-electron chi connectivity index (χ1n) is 3.67. The van der Waals surface area contributed by atoms with Crippen molar-refractivity contribution in [3.8, 4) is 0 Å². The fourth-order valence-electron chi connectivity index (χ4n) is 0.767. The van der Waals surface area contributed by atoms with Crippen molar-refractivity contribution in [1.29, 1.82) is 0 Å². The molecule has 0 aromatic carbocycles. The summed E-state index contributed by atoms with van der Waals surface area (Å²) in [4.78, 5) is 0. The second kappa shape index (κ2) is 5.65. The molecule has 0 rings (SSSR count). The Bertz CT molecular complexity index is 61.3. The Morgan fingerprint density at radius 3 is 1.90 bits per heavy atom. The van der Waals surface area contributed by atoms with Gasteiger partial charge in [0.1, 0.15) is 0 Å². The van der Waals surface area contributed by atoms with Crippen molar-refractivity contribution >= 4 is 0 Å². The molecular formula is C7H16O3. The highest BCUT2D eigenvalue weighted by molar-refractivity contribution is 4.48. The highest BCUT2D eigenvalue weighted by atomic mass is 16.5. The minimum Gasteiger partial charge on any atom is -0.393 e. The SMILES string of the molecule is CC(O)CCCCC(O)O. The zero-order chi connectivity index (χ0) is 7.98. The highest BCUT2D eigenvalue weighted by Crippen LogP contribution is 2.04. The predicted molar refractivity (Wildman–Crippen MR) is 38.4 cm³/mol. The number of rotatable bonds is 5. The molecule has 0 aromatic heterocycles. The molecule has 0 saturated carbocycles. The molecule has 62 valence electrons. The lowest BCUT2D eigenvalue weighted by Gasteiger charge is -2.04. The Balaban J connectivity index is 2.91. The van der Waals surface area contributed by atoms with Crippen molar-refractivity contribution in [2.45, 2.75) is 45.0 Å². The third-order valence-electron chi connectivity index (χ3n) is 1.33. The summed E-state index contributed by atoms with van der Waals surface area (Å²) in [5.41, 5.74) is 0. The molecule has 10 heavy (non-hydrogen) atoms. The van der Waals surface area contributed by atoms with E-state index < -0.39 is 6.29 Å². The molecule has 0 spiro atoms. The molecule has 1 unspecified atom stereocenters. The molecule has 0 aliphatic heterocycles. The van der Waals surface area contributed by atoms with Crippen molar-refractivity contribution in [2.24, 2.45) is 0 Å². The summed E-state index contributed by atoms with van der Waals surface area (Å²) >= 11 is 0. The molecule has 0 bridgehead atoms. The van der Waals surface area contributed by atoms with Crippen molar-refractivity contribution in [2.75, 3.05) is 0 Å². The fraction of sp³-hybridized carbons (Fsp3) is 1.00. The Labute approximate surface area is 61.3 Å². The van der Waals surface area contributed by atoms with Crippen LogP contribution in [0.3, 0.4) is 0 Å². The zero-order valence-electron chi connectivity index (χ0n) is 6.32. The van der Waals surface area contributed by atoms with Crippen LogP contribution in [0, 0.1) is 0 Å². The Morgan fingerprint density at radius 1 is 1.00 bits per heavy atom.